The Hall–Kier alpha value is -5.64. The summed E-state index contributed by atoms with van der Waals surface area (Å²) in [5.41, 5.74) is 0.0440. The molecule has 0 spiro atoms. The fourth-order valence-corrected chi connectivity index (χ4v) is 8.83. The number of nitrogens with one attached hydrogen (secondary N) is 4. The van der Waals surface area contributed by atoms with Crippen LogP contribution >= 0.6 is 0 Å². The number of likely N-dealkylation sites (N-methyl/N-ethyl adjacent to an activating group) is 2. The second-order valence-corrected chi connectivity index (χ2v) is 13.6. The summed E-state index contributed by atoms with van der Waals surface area (Å²) in [5.74, 6) is -2.73. The molecule has 10 nitrogen and oxygen atoms in total. The average molecular weight is 641 g/mol. The molecule has 242 valence electrons. The summed E-state index contributed by atoms with van der Waals surface area (Å²) in [6.07, 6.45) is 0.861. The molecule has 0 radical (unpaired) electrons. The Morgan fingerprint density at radius 2 is 0.938 bits per heavy atom. The van der Waals surface area contributed by atoms with Gasteiger partial charge in [-0.1, -0.05) is 97.1 Å². The van der Waals surface area contributed by atoms with E-state index in [1.165, 1.54) is 0 Å². The third-order valence-electron chi connectivity index (χ3n) is 10.8. The van der Waals surface area contributed by atoms with E-state index < -0.39 is 34.0 Å². The van der Waals surface area contributed by atoms with Crippen molar-refractivity contribution in [2.75, 3.05) is 37.8 Å². The first-order chi connectivity index (χ1) is 23.1. The van der Waals surface area contributed by atoms with Crippen molar-refractivity contribution < 1.29 is 19.2 Å². The van der Waals surface area contributed by atoms with Gasteiger partial charge in [-0.05, 0) is 47.2 Å². The Balaban J connectivity index is 1.18. The number of rotatable bonds is 6. The van der Waals surface area contributed by atoms with Crippen molar-refractivity contribution >= 4 is 35.0 Å². The van der Waals surface area contributed by atoms with E-state index in [4.69, 9.17) is 0 Å². The van der Waals surface area contributed by atoms with Crippen molar-refractivity contribution in [1.82, 2.24) is 20.4 Å². The van der Waals surface area contributed by atoms with Crippen LogP contribution in [-0.2, 0) is 42.8 Å². The lowest BCUT2D eigenvalue weighted by atomic mass is 9.70. The van der Waals surface area contributed by atoms with E-state index in [1.54, 1.807) is 23.9 Å². The predicted molar refractivity (Wildman–Crippen MR) is 181 cm³/mol. The largest absolute Gasteiger partial charge is 0.354 e. The lowest BCUT2D eigenvalue weighted by Crippen LogP contribution is -2.71. The normalized spacial score (nSPS) is 27.8. The maximum atomic E-state index is 14.2. The number of amides is 4. The highest BCUT2D eigenvalue weighted by Crippen LogP contribution is 2.54. The van der Waals surface area contributed by atoms with Gasteiger partial charge >= 0.3 is 11.8 Å². The van der Waals surface area contributed by atoms with E-state index in [0.29, 0.717) is 25.9 Å². The molecular weight excluding hydrogens is 604 g/mol. The Morgan fingerprint density at radius 1 is 0.583 bits per heavy atom. The Kier molecular flexibility index (Phi) is 6.46. The van der Waals surface area contributed by atoms with Gasteiger partial charge in [0.15, 0.2) is 0 Å². The monoisotopic (exact) mass is 640 g/mol. The number of benzene rings is 4. The van der Waals surface area contributed by atoms with Crippen molar-refractivity contribution in [3.05, 3.63) is 131 Å². The van der Waals surface area contributed by atoms with Crippen LogP contribution in [0, 0.1) is 0 Å². The average Bonchev–Trinajstić information content (AvgIpc) is 3.65. The molecule has 0 unspecified atom stereocenters. The van der Waals surface area contributed by atoms with Gasteiger partial charge in [-0.2, -0.15) is 0 Å². The molecule has 8 rings (SSSR count). The Morgan fingerprint density at radius 3 is 1.33 bits per heavy atom. The molecule has 2 fully saturated rings. The summed E-state index contributed by atoms with van der Waals surface area (Å²) < 4.78 is 0. The third-order valence-corrected chi connectivity index (χ3v) is 10.8. The van der Waals surface area contributed by atoms with Crippen molar-refractivity contribution in [3.63, 3.8) is 0 Å². The van der Waals surface area contributed by atoms with Gasteiger partial charge in [-0.15, -0.1) is 0 Å². The summed E-state index contributed by atoms with van der Waals surface area (Å²) >= 11 is 0. The number of anilines is 2. The van der Waals surface area contributed by atoms with Gasteiger partial charge in [0.25, 0.3) is 11.8 Å². The molecule has 0 saturated carbocycles. The summed E-state index contributed by atoms with van der Waals surface area (Å²) in [7, 11) is 3.41. The van der Waals surface area contributed by atoms with E-state index in [-0.39, 0.29) is 11.8 Å². The standard InChI is InChI=1S/C38H36N6O4/c1-43-23-35(21-25-13-5-3-6-14-25)27-17-9-11-19-29(27)39-37(35,33(43)47)41-31(45)32(46)42-38-34(48)44(2)24-36(38,22-26-15-7-4-8-16-26)28-18-10-12-20-30(28)40-38/h3-20,39-40H,21-24H2,1-2H3,(H,41,45)(H,42,46)/t35-,36-,37-,38+/m1/s1. The highest BCUT2D eigenvalue weighted by Gasteiger charge is 2.71. The van der Waals surface area contributed by atoms with E-state index in [0.717, 1.165) is 33.6 Å². The van der Waals surface area contributed by atoms with Crippen LogP contribution in [0.15, 0.2) is 109 Å². The molecule has 2 saturated heterocycles. The highest BCUT2D eigenvalue weighted by atomic mass is 16.2. The number of carbonyl (C=O) groups excluding carboxylic acids is 4. The van der Waals surface area contributed by atoms with Crippen LogP contribution in [0.4, 0.5) is 11.4 Å². The molecule has 10 heteroatoms. The minimum atomic E-state index is -1.64. The number of para-hydroxylation sites is 2. The molecule has 4 atom stereocenters. The maximum Gasteiger partial charge on any atom is 0.311 e. The molecule has 4 N–H and O–H groups in total. The molecule has 0 aromatic heterocycles. The van der Waals surface area contributed by atoms with Crippen molar-refractivity contribution in [2.45, 2.75) is 35.0 Å². The van der Waals surface area contributed by atoms with Crippen LogP contribution < -0.4 is 21.3 Å². The van der Waals surface area contributed by atoms with Crippen LogP contribution in [0.5, 0.6) is 0 Å². The summed E-state index contributed by atoms with van der Waals surface area (Å²) in [4.78, 5) is 60.1. The molecule has 4 aliphatic rings. The number of fused-ring (bicyclic) bond motifs is 6. The van der Waals surface area contributed by atoms with E-state index in [2.05, 4.69) is 21.3 Å². The molecule has 4 amide bonds. The quantitative estimate of drug-likeness (QED) is 0.241. The van der Waals surface area contributed by atoms with Crippen LogP contribution in [0.1, 0.15) is 22.3 Å². The van der Waals surface area contributed by atoms with E-state index in [9.17, 15) is 19.2 Å². The number of hydrogen-bond acceptors (Lipinski definition) is 6. The highest BCUT2D eigenvalue weighted by molar-refractivity contribution is 6.37. The van der Waals surface area contributed by atoms with Crippen LogP contribution in [0.3, 0.4) is 0 Å². The SMILES string of the molecule is CN1C[C@]2(Cc3ccccc3)c3ccccc3N[C@@]2(NC(=O)C(=O)N[C@]23Nc4ccccc4[C@@]2(Cc2ccccc2)CN(C)C3=O)C1=O. The van der Waals surface area contributed by atoms with Gasteiger partial charge in [0.1, 0.15) is 0 Å². The molecule has 0 aliphatic carbocycles. The molecule has 4 heterocycles. The number of hydrogen-bond donors (Lipinski definition) is 4. The first-order valence-electron chi connectivity index (χ1n) is 16.1. The summed E-state index contributed by atoms with van der Waals surface area (Å²) in [6.45, 7) is 0.633. The number of nitrogens with zero attached hydrogens (tertiary/aromatic N) is 2. The second-order valence-electron chi connectivity index (χ2n) is 13.6. The van der Waals surface area contributed by atoms with Crippen LogP contribution in [0.25, 0.3) is 0 Å². The fraction of sp³-hybridized carbons (Fsp3) is 0.263. The Labute approximate surface area is 278 Å². The molecule has 4 aromatic carbocycles. The molecule has 4 aromatic rings. The number of likely N-dealkylation sites (tertiary alicyclic amines) is 2. The minimum absolute atomic E-state index is 0.316. The van der Waals surface area contributed by atoms with E-state index in [1.807, 2.05) is 109 Å². The van der Waals surface area contributed by atoms with Crippen LogP contribution in [-0.4, -0.2) is 71.9 Å². The van der Waals surface area contributed by atoms with Gasteiger partial charge in [0.05, 0.1) is 10.8 Å². The van der Waals surface area contributed by atoms with Gasteiger partial charge < -0.3 is 31.1 Å². The predicted octanol–water partition coefficient (Wildman–Crippen LogP) is 2.77. The van der Waals surface area contributed by atoms with Gasteiger partial charge in [0.2, 0.25) is 11.3 Å². The lowest BCUT2D eigenvalue weighted by Gasteiger charge is -2.40. The third kappa shape index (κ3) is 3.92. The fourth-order valence-electron chi connectivity index (χ4n) is 8.83. The first kappa shape index (κ1) is 29.7. The molecule has 0 bridgehead atoms. The summed E-state index contributed by atoms with van der Waals surface area (Å²) in [5, 5.41) is 12.5. The lowest BCUT2D eigenvalue weighted by molar-refractivity contribution is -0.145. The van der Waals surface area contributed by atoms with Gasteiger partial charge in [-0.3, -0.25) is 19.2 Å². The van der Waals surface area contributed by atoms with Gasteiger partial charge in [-0.25, -0.2) is 0 Å². The van der Waals surface area contributed by atoms with Crippen LogP contribution in [0.2, 0.25) is 0 Å². The zero-order valence-corrected chi connectivity index (χ0v) is 26.7. The minimum Gasteiger partial charge on any atom is -0.354 e. The maximum absolute atomic E-state index is 14.2. The van der Waals surface area contributed by atoms with Gasteiger partial charge in [0, 0.05) is 38.6 Å². The molecule has 48 heavy (non-hydrogen) atoms. The second kappa shape index (κ2) is 10.4. The van der Waals surface area contributed by atoms with Crippen molar-refractivity contribution in [3.8, 4) is 0 Å². The van der Waals surface area contributed by atoms with Crippen molar-refractivity contribution in [1.29, 1.82) is 0 Å². The molecular formula is C38H36N6O4. The number of carbonyl (C=O) groups is 4. The van der Waals surface area contributed by atoms with E-state index >= 15 is 0 Å². The topological polar surface area (TPSA) is 123 Å². The van der Waals surface area contributed by atoms with Crippen molar-refractivity contribution in [2.24, 2.45) is 0 Å². The summed E-state index contributed by atoms with van der Waals surface area (Å²) in [6, 6.07) is 34.9. The Bertz CT molecular complexity index is 1840. The first-order valence-corrected chi connectivity index (χ1v) is 16.1. The zero-order chi connectivity index (χ0) is 33.3. The zero-order valence-electron chi connectivity index (χ0n) is 26.7. The molecule has 4 aliphatic heterocycles. The smallest absolute Gasteiger partial charge is 0.311 e.